The lowest BCUT2D eigenvalue weighted by Gasteiger charge is -2.18. The molecule has 0 heterocycles. The van der Waals surface area contributed by atoms with Crippen LogP contribution in [0.25, 0.3) is 0 Å². The Kier molecular flexibility index (Phi) is 4.98. The molecule has 0 aromatic heterocycles. The lowest BCUT2D eigenvalue weighted by Crippen LogP contribution is -2.26. The summed E-state index contributed by atoms with van der Waals surface area (Å²) in [7, 11) is 1.66. The maximum Gasteiger partial charge on any atom is 0.260 e. The van der Waals surface area contributed by atoms with Crippen molar-refractivity contribution in [3.05, 3.63) is 29.3 Å². The third kappa shape index (κ3) is 3.50. The number of hydrogen-bond donors (Lipinski definition) is 1. The number of carbonyl (C=O) groups excluding carboxylic acids is 1. The molecule has 0 fully saturated rings. The van der Waals surface area contributed by atoms with E-state index >= 15 is 0 Å². The Morgan fingerprint density at radius 2 is 2.25 bits per heavy atom. The topological polar surface area (TPSA) is 59.9 Å². The highest BCUT2D eigenvalue weighted by Gasteiger charge is 2.16. The number of fused-ring (bicyclic) bond motifs is 1. The summed E-state index contributed by atoms with van der Waals surface area (Å²) < 4.78 is 5.23. The van der Waals surface area contributed by atoms with E-state index in [4.69, 9.17) is 9.57 Å². The number of nitrogens with zero attached hydrogens (tertiary/aromatic N) is 1. The van der Waals surface area contributed by atoms with E-state index in [0.29, 0.717) is 6.54 Å². The van der Waals surface area contributed by atoms with Gasteiger partial charge in [0.15, 0.2) is 6.61 Å². The van der Waals surface area contributed by atoms with Crippen LogP contribution in [0.2, 0.25) is 0 Å². The number of carbonyl (C=O) groups is 1. The maximum atomic E-state index is 11.3. The molecule has 1 aromatic rings. The molecular weight excluding hydrogens is 256 g/mol. The summed E-state index contributed by atoms with van der Waals surface area (Å²) in [4.78, 5) is 16.4. The van der Waals surface area contributed by atoms with Gasteiger partial charge in [0.05, 0.1) is 12.8 Å². The second kappa shape index (κ2) is 6.93. The van der Waals surface area contributed by atoms with Gasteiger partial charge < -0.3 is 14.9 Å². The fraction of sp³-hybridized carbons (Fsp3) is 0.467. The molecule has 5 nitrogen and oxygen atoms in total. The van der Waals surface area contributed by atoms with Gasteiger partial charge in [-0.1, -0.05) is 5.16 Å². The van der Waals surface area contributed by atoms with E-state index in [1.165, 1.54) is 5.56 Å². The standard InChI is InChI=1S/C15H20N2O3/c1-3-16-15(18)10-20-17-14-6-4-5-11-9-12(19-2)7-8-13(11)14/h7-9H,3-6,10H2,1-2H3,(H,16,18). The lowest BCUT2D eigenvalue weighted by molar-refractivity contribution is -0.125. The van der Waals surface area contributed by atoms with Crippen LogP contribution in [-0.4, -0.2) is 31.9 Å². The monoisotopic (exact) mass is 276 g/mol. The number of aryl methyl sites for hydroxylation is 1. The summed E-state index contributed by atoms with van der Waals surface area (Å²) in [6.07, 6.45) is 2.92. The second-order valence-corrected chi connectivity index (χ2v) is 4.64. The van der Waals surface area contributed by atoms with Crippen LogP contribution in [0.1, 0.15) is 30.9 Å². The molecule has 1 amide bonds. The molecular formula is C15H20N2O3. The van der Waals surface area contributed by atoms with E-state index in [1.807, 2.05) is 25.1 Å². The first-order valence-electron chi connectivity index (χ1n) is 6.87. The van der Waals surface area contributed by atoms with Crippen molar-refractivity contribution in [3.63, 3.8) is 0 Å². The summed E-state index contributed by atoms with van der Waals surface area (Å²) >= 11 is 0. The van der Waals surface area contributed by atoms with Crippen LogP contribution < -0.4 is 10.1 Å². The fourth-order valence-corrected chi connectivity index (χ4v) is 2.28. The summed E-state index contributed by atoms with van der Waals surface area (Å²) in [6, 6.07) is 5.96. The van der Waals surface area contributed by atoms with Crippen molar-refractivity contribution in [2.75, 3.05) is 20.3 Å². The highest BCUT2D eigenvalue weighted by Crippen LogP contribution is 2.25. The molecule has 1 aliphatic rings. The predicted molar refractivity (Wildman–Crippen MR) is 77.1 cm³/mol. The first-order chi connectivity index (χ1) is 9.74. The zero-order chi connectivity index (χ0) is 14.4. The van der Waals surface area contributed by atoms with Crippen molar-refractivity contribution in [2.24, 2.45) is 5.16 Å². The number of hydrogen-bond acceptors (Lipinski definition) is 4. The highest BCUT2D eigenvalue weighted by atomic mass is 16.6. The third-order valence-electron chi connectivity index (χ3n) is 3.23. The Bertz CT molecular complexity index is 512. The molecule has 20 heavy (non-hydrogen) atoms. The summed E-state index contributed by atoms with van der Waals surface area (Å²) in [6.45, 7) is 2.43. The van der Waals surface area contributed by atoms with E-state index in [-0.39, 0.29) is 12.5 Å². The van der Waals surface area contributed by atoms with Gasteiger partial charge in [-0.2, -0.15) is 0 Å². The zero-order valence-corrected chi connectivity index (χ0v) is 11.9. The van der Waals surface area contributed by atoms with Gasteiger partial charge in [-0.15, -0.1) is 0 Å². The number of benzene rings is 1. The van der Waals surface area contributed by atoms with Gasteiger partial charge in [-0.05, 0) is 49.9 Å². The van der Waals surface area contributed by atoms with Crippen molar-refractivity contribution in [2.45, 2.75) is 26.2 Å². The van der Waals surface area contributed by atoms with E-state index in [0.717, 1.165) is 36.3 Å². The number of nitrogens with one attached hydrogen (secondary N) is 1. The van der Waals surface area contributed by atoms with Crippen molar-refractivity contribution in [1.29, 1.82) is 0 Å². The molecule has 0 aliphatic heterocycles. The predicted octanol–water partition coefficient (Wildman–Crippen LogP) is 1.89. The van der Waals surface area contributed by atoms with Crippen LogP contribution in [0.4, 0.5) is 0 Å². The normalized spacial score (nSPS) is 15.6. The molecule has 0 bridgehead atoms. The SMILES string of the molecule is CCNC(=O)CON=C1CCCc2cc(OC)ccc21. The first kappa shape index (κ1) is 14.4. The van der Waals surface area contributed by atoms with Gasteiger partial charge in [0.2, 0.25) is 0 Å². The average molecular weight is 276 g/mol. The Balaban J connectivity index is 2.06. The molecule has 0 saturated carbocycles. The van der Waals surface area contributed by atoms with Crippen molar-refractivity contribution in [1.82, 2.24) is 5.32 Å². The molecule has 0 radical (unpaired) electrons. The van der Waals surface area contributed by atoms with Crippen LogP contribution >= 0.6 is 0 Å². The number of rotatable bonds is 5. The number of oxime groups is 1. The molecule has 1 aliphatic carbocycles. The van der Waals surface area contributed by atoms with Gasteiger partial charge in [0.25, 0.3) is 5.91 Å². The third-order valence-corrected chi connectivity index (χ3v) is 3.23. The molecule has 5 heteroatoms. The Labute approximate surface area is 118 Å². The summed E-state index contributed by atoms with van der Waals surface area (Å²) in [5.74, 6) is 0.704. The molecule has 0 unspecified atom stereocenters. The molecule has 0 saturated heterocycles. The number of amides is 1. The Morgan fingerprint density at radius 3 is 3.00 bits per heavy atom. The van der Waals surface area contributed by atoms with Crippen molar-refractivity contribution >= 4 is 11.6 Å². The summed E-state index contributed by atoms with van der Waals surface area (Å²) in [5, 5.41) is 6.79. The van der Waals surface area contributed by atoms with Gasteiger partial charge in [0, 0.05) is 12.1 Å². The number of ether oxygens (including phenoxy) is 1. The zero-order valence-electron chi connectivity index (χ0n) is 11.9. The van der Waals surface area contributed by atoms with Crippen LogP contribution in [0.5, 0.6) is 5.75 Å². The van der Waals surface area contributed by atoms with Crippen molar-refractivity contribution in [3.8, 4) is 5.75 Å². The minimum atomic E-state index is -0.150. The molecule has 1 aromatic carbocycles. The van der Waals surface area contributed by atoms with E-state index in [1.54, 1.807) is 7.11 Å². The lowest BCUT2D eigenvalue weighted by atomic mass is 9.90. The fourth-order valence-electron chi connectivity index (χ4n) is 2.28. The number of methoxy groups -OCH3 is 1. The molecule has 1 N–H and O–H groups in total. The minimum Gasteiger partial charge on any atom is -0.497 e. The second-order valence-electron chi connectivity index (χ2n) is 4.64. The maximum absolute atomic E-state index is 11.3. The first-order valence-corrected chi connectivity index (χ1v) is 6.87. The van der Waals surface area contributed by atoms with Crippen LogP contribution in [0, 0.1) is 0 Å². The van der Waals surface area contributed by atoms with Gasteiger partial charge >= 0.3 is 0 Å². The summed E-state index contributed by atoms with van der Waals surface area (Å²) in [5.41, 5.74) is 3.21. The molecule has 108 valence electrons. The van der Waals surface area contributed by atoms with E-state index in [9.17, 15) is 4.79 Å². The molecule has 2 rings (SSSR count). The molecule has 0 spiro atoms. The molecule has 0 atom stereocenters. The van der Waals surface area contributed by atoms with Gasteiger partial charge in [-0.3, -0.25) is 4.79 Å². The van der Waals surface area contributed by atoms with Gasteiger partial charge in [0.1, 0.15) is 5.75 Å². The Hall–Kier alpha value is -2.04. The smallest absolute Gasteiger partial charge is 0.260 e. The average Bonchev–Trinajstić information content (AvgIpc) is 2.47. The van der Waals surface area contributed by atoms with E-state index in [2.05, 4.69) is 10.5 Å². The van der Waals surface area contributed by atoms with E-state index < -0.39 is 0 Å². The largest absolute Gasteiger partial charge is 0.497 e. The van der Waals surface area contributed by atoms with Gasteiger partial charge in [-0.25, -0.2) is 0 Å². The Morgan fingerprint density at radius 1 is 1.40 bits per heavy atom. The quantitative estimate of drug-likeness (QED) is 0.835. The number of likely N-dealkylation sites (N-methyl/N-ethyl adjacent to an activating group) is 1. The van der Waals surface area contributed by atoms with Crippen LogP contribution in [0.15, 0.2) is 23.4 Å². The van der Waals surface area contributed by atoms with Crippen LogP contribution in [-0.2, 0) is 16.1 Å². The minimum absolute atomic E-state index is 0.0389. The van der Waals surface area contributed by atoms with Crippen LogP contribution in [0.3, 0.4) is 0 Å². The highest BCUT2D eigenvalue weighted by molar-refractivity contribution is 6.02. The van der Waals surface area contributed by atoms with Crippen molar-refractivity contribution < 1.29 is 14.4 Å².